The Morgan fingerprint density at radius 3 is 2.62 bits per heavy atom. The fourth-order valence-electron chi connectivity index (χ4n) is 2.77. The number of nitrogens with two attached hydrogens (primary N) is 1. The van der Waals surface area contributed by atoms with E-state index in [9.17, 15) is 4.79 Å². The predicted molar refractivity (Wildman–Crippen MR) is 105 cm³/mol. The number of aliphatic imine (C=N–C) groups is 3. The third-order valence-corrected chi connectivity index (χ3v) is 4.09. The molecule has 0 saturated carbocycles. The van der Waals surface area contributed by atoms with Crippen molar-refractivity contribution in [3.05, 3.63) is 65.7 Å². The van der Waals surface area contributed by atoms with Gasteiger partial charge in [-0.3, -0.25) is 10.1 Å². The van der Waals surface area contributed by atoms with Gasteiger partial charge < -0.3 is 5.73 Å². The molecule has 0 radical (unpaired) electrons. The fourth-order valence-corrected chi connectivity index (χ4v) is 2.77. The Kier molecular flexibility index (Phi) is 5.22. The van der Waals surface area contributed by atoms with Gasteiger partial charge in [-0.15, -0.1) is 0 Å². The molecule has 26 heavy (non-hydrogen) atoms. The van der Waals surface area contributed by atoms with Gasteiger partial charge in [0, 0.05) is 5.71 Å². The molecule has 0 fully saturated rings. The quantitative estimate of drug-likeness (QED) is 0.660. The number of nitrogens with one attached hydrogen (secondary N) is 1. The fraction of sp³-hybridized carbons (Fsp3) is 0.200. The van der Waals surface area contributed by atoms with Crippen LogP contribution < -0.4 is 11.1 Å². The Labute approximate surface area is 152 Å². The summed E-state index contributed by atoms with van der Waals surface area (Å²) in [5.41, 5.74) is 9.46. The lowest BCUT2D eigenvalue weighted by Crippen LogP contribution is -2.44. The van der Waals surface area contributed by atoms with Crippen molar-refractivity contribution in [1.82, 2.24) is 5.32 Å². The highest BCUT2D eigenvalue weighted by Crippen LogP contribution is 2.15. The van der Waals surface area contributed by atoms with E-state index >= 15 is 0 Å². The van der Waals surface area contributed by atoms with Gasteiger partial charge in [-0.2, -0.15) is 4.99 Å². The van der Waals surface area contributed by atoms with Crippen LogP contribution >= 0.6 is 0 Å². The van der Waals surface area contributed by atoms with Crippen LogP contribution in [0.3, 0.4) is 0 Å². The van der Waals surface area contributed by atoms with E-state index in [0.29, 0.717) is 17.8 Å². The Morgan fingerprint density at radius 1 is 1.15 bits per heavy atom. The van der Waals surface area contributed by atoms with Crippen molar-refractivity contribution in [3.63, 3.8) is 0 Å². The number of carbonyl (C=O) groups excluding carboxylic acids is 1. The molecular formula is C20H21N5O. The van der Waals surface area contributed by atoms with Crippen molar-refractivity contribution in [2.75, 3.05) is 0 Å². The maximum Gasteiger partial charge on any atom is 0.235 e. The van der Waals surface area contributed by atoms with Crippen LogP contribution in [0, 0.1) is 12.8 Å². The molecule has 1 unspecified atom stereocenters. The van der Waals surface area contributed by atoms with Gasteiger partial charge in [-0.25, -0.2) is 9.98 Å². The van der Waals surface area contributed by atoms with E-state index in [1.165, 1.54) is 0 Å². The molecule has 132 valence electrons. The van der Waals surface area contributed by atoms with E-state index < -0.39 is 0 Å². The standard InChI is InChI=1S/C20H21N5O/c1-13-7-6-10-16(11-13)23-19(21)25-20-22-14(2)17(18(26)24-20)12-15-8-4-3-5-9-15/h3-11,17H,12H2,1-2H3,(H3,21,23,24,25,26). The van der Waals surface area contributed by atoms with E-state index in [1.54, 1.807) is 0 Å². The Hall–Kier alpha value is -3.28. The van der Waals surface area contributed by atoms with Gasteiger partial charge in [0.05, 0.1) is 11.6 Å². The van der Waals surface area contributed by atoms with Crippen LogP contribution in [0.25, 0.3) is 0 Å². The Morgan fingerprint density at radius 2 is 1.92 bits per heavy atom. The minimum Gasteiger partial charge on any atom is -0.368 e. The average Bonchev–Trinajstić information content (AvgIpc) is 2.59. The summed E-state index contributed by atoms with van der Waals surface area (Å²) >= 11 is 0. The number of carbonyl (C=O) groups is 1. The normalized spacial score (nSPS) is 19.2. The van der Waals surface area contributed by atoms with Crippen molar-refractivity contribution >= 4 is 29.2 Å². The smallest absolute Gasteiger partial charge is 0.235 e. The number of amides is 1. The summed E-state index contributed by atoms with van der Waals surface area (Å²) in [6.07, 6.45) is 0.599. The summed E-state index contributed by atoms with van der Waals surface area (Å²) in [7, 11) is 0. The molecule has 1 atom stereocenters. The van der Waals surface area contributed by atoms with Gasteiger partial charge in [-0.1, -0.05) is 42.5 Å². The number of aryl methyl sites for hydroxylation is 1. The van der Waals surface area contributed by atoms with E-state index in [2.05, 4.69) is 20.3 Å². The zero-order valence-electron chi connectivity index (χ0n) is 14.8. The second-order valence-electron chi connectivity index (χ2n) is 6.23. The first kappa shape index (κ1) is 17.5. The number of hydrogen-bond acceptors (Lipinski definition) is 2. The molecule has 0 bridgehead atoms. The van der Waals surface area contributed by atoms with Crippen molar-refractivity contribution in [2.45, 2.75) is 20.3 Å². The van der Waals surface area contributed by atoms with E-state index in [-0.39, 0.29) is 23.7 Å². The third kappa shape index (κ3) is 4.42. The summed E-state index contributed by atoms with van der Waals surface area (Å²) in [6.45, 7) is 3.80. The molecule has 2 aromatic rings. The minimum absolute atomic E-state index is 0.0453. The topological polar surface area (TPSA) is 92.2 Å². The second-order valence-corrected chi connectivity index (χ2v) is 6.23. The summed E-state index contributed by atoms with van der Waals surface area (Å²) in [6, 6.07) is 17.5. The number of hydrogen-bond donors (Lipinski definition) is 2. The van der Waals surface area contributed by atoms with Crippen molar-refractivity contribution in [3.8, 4) is 0 Å². The third-order valence-electron chi connectivity index (χ3n) is 4.09. The molecule has 3 rings (SSSR count). The van der Waals surface area contributed by atoms with E-state index in [4.69, 9.17) is 5.73 Å². The first-order valence-electron chi connectivity index (χ1n) is 8.41. The molecule has 2 aromatic carbocycles. The molecule has 0 aromatic heterocycles. The minimum atomic E-state index is -0.314. The lowest BCUT2D eigenvalue weighted by atomic mass is 9.93. The van der Waals surface area contributed by atoms with Crippen molar-refractivity contribution in [1.29, 1.82) is 0 Å². The number of guanidine groups is 2. The van der Waals surface area contributed by atoms with Crippen LogP contribution in [-0.2, 0) is 11.2 Å². The molecule has 0 saturated heterocycles. The molecule has 0 spiro atoms. The monoisotopic (exact) mass is 347 g/mol. The molecular weight excluding hydrogens is 326 g/mol. The van der Waals surface area contributed by atoms with Crippen molar-refractivity contribution in [2.24, 2.45) is 26.6 Å². The summed E-state index contributed by atoms with van der Waals surface area (Å²) < 4.78 is 0. The molecule has 1 aliphatic rings. The first-order valence-corrected chi connectivity index (χ1v) is 8.41. The second kappa shape index (κ2) is 7.74. The van der Waals surface area contributed by atoms with Crippen LogP contribution in [0.5, 0.6) is 0 Å². The van der Waals surface area contributed by atoms with Crippen LogP contribution in [-0.4, -0.2) is 23.5 Å². The van der Waals surface area contributed by atoms with Gasteiger partial charge in [0.2, 0.25) is 17.8 Å². The van der Waals surface area contributed by atoms with Gasteiger partial charge in [-0.05, 0) is 43.5 Å². The largest absolute Gasteiger partial charge is 0.368 e. The Bertz CT molecular complexity index is 899. The molecule has 0 aliphatic carbocycles. The summed E-state index contributed by atoms with van der Waals surface area (Å²) in [4.78, 5) is 25.2. The summed E-state index contributed by atoms with van der Waals surface area (Å²) in [5, 5.41) is 2.71. The van der Waals surface area contributed by atoms with Crippen molar-refractivity contribution < 1.29 is 4.79 Å². The highest BCUT2D eigenvalue weighted by atomic mass is 16.2. The van der Waals surface area contributed by atoms with Crippen LogP contribution in [0.1, 0.15) is 18.1 Å². The molecule has 1 amide bonds. The molecule has 1 aliphatic heterocycles. The molecule has 1 heterocycles. The number of rotatable bonds is 3. The predicted octanol–water partition coefficient (Wildman–Crippen LogP) is 2.75. The zero-order chi connectivity index (χ0) is 18.5. The van der Waals surface area contributed by atoms with E-state index in [1.807, 2.05) is 68.4 Å². The van der Waals surface area contributed by atoms with Crippen LogP contribution in [0.2, 0.25) is 0 Å². The van der Waals surface area contributed by atoms with Crippen LogP contribution in [0.15, 0.2) is 69.6 Å². The lowest BCUT2D eigenvalue weighted by molar-refractivity contribution is -0.121. The van der Waals surface area contributed by atoms with E-state index in [0.717, 1.165) is 11.1 Å². The molecule has 3 N–H and O–H groups in total. The van der Waals surface area contributed by atoms with Gasteiger partial charge in [0.25, 0.3) is 0 Å². The maximum absolute atomic E-state index is 12.5. The average molecular weight is 347 g/mol. The first-order chi connectivity index (χ1) is 12.5. The molecule has 6 heteroatoms. The maximum atomic E-state index is 12.5. The highest BCUT2D eigenvalue weighted by Gasteiger charge is 2.27. The highest BCUT2D eigenvalue weighted by molar-refractivity contribution is 6.18. The van der Waals surface area contributed by atoms with Gasteiger partial charge in [0.15, 0.2) is 0 Å². The lowest BCUT2D eigenvalue weighted by Gasteiger charge is -2.21. The number of benzene rings is 2. The Balaban J connectivity index is 1.78. The van der Waals surface area contributed by atoms with Crippen LogP contribution in [0.4, 0.5) is 5.69 Å². The van der Waals surface area contributed by atoms with Gasteiger partial charge >= 0.3 is 0 Å². The zero-order valence-corrected chi connectivity index (χ0v) is 14.8. The summed E-state index contributed by atoms with van der Waals surface area (Å²) in [5.74, 6) is -0.232. The molecule has 6 nitrogen and oxygen atoms in total. The number of nitrogens with zero attached hydrogens (tertiary/aromatic N) is 3. The van der Waals surface area contributed by atoms with Gasteiger partial charge in [0.1, 0.15) is 0 Å². The SMILES string of the molecule is CC1=NC(=NC(N)=Nc2cccc(C)c2)NC(=O)C1Cc1ccccc1.